The second-order valence-electron chi connectivity index (χ2n) is 12.5. The van der Waals surface area contributed by atoms with Crippen LogP contribution in [0.5, 0.6) is 5.75 Å². The van der Waals surface area contributed by atoms with E-state index in [1.807, 2.05) is 55.1 Å². The van der Waals surface area contributed by atoms with Crippen molar-refractivity contribution in [2.75, 3.05) is 19.7 Å². The largest absolute Gasteiger partial charge is 0.494 e. The summed E-state index contributed by atoms with van der Waals surface area (Å²) < 4.78 is 5.72. The van der Waals surface area contributed by atoms with Crippen LogP contribution in [0.25, 0.3) is 0 Å². The van der Waals surface area contributed by atoms with E-state index < -0.39 is 0 Å². The Morgan fingerprint density at radius 3 is 2.33 bits per heavy atom. The lowest BCUT2D eigenvalue weighted by Gasteiger charge is -2.57. The highest BCUT2D eigenvalue weighted by atomic mass is 16.5. The van der Waals surface area contributed by atoms with Crippen LogP contribution in [0.3, 0.4) is 0 Å². The first-order chi connectivity index (χ1) is 18.9. The van der Waals surface area contributed by atoms with E-state index in [9.17, 15) is 9.59 Å². The fourth-order valence-electron chi connectivity index (χ4n) is 8.22. The SMILES string of the molecule is CCOc1ccccc1CNC(=O)c1ccc(C)nc1C1CCN(C(=O)NC23CC4CC(CC(C4)C2)C3)CC1. The number of piperidine rings is 1. The van der Waals surface area contributed by atoms with Crippen LogP contribution in [0.15, 0.2) is 36.4 Å². The molecule has 208 valence electrons. The molecule has 2 aromatic rings. The molecule has 2 heterocycles. The number of ether oxygens (including phenoxy) is 1. The molecule has 7 nitrogen and oxygen atoms in total. The Morgan fingerprint density at radius 1 is 1.00 bits per heavy atom. The summed E-state index contributed by atoms with van der Waals surface area (Å²) in [5, 5.41) is 6.61. The molecule has 0 radical (unpaired) electrons. The Kier molecular flexibility index (Phi) is 7.25. The number of nitrogens with zero attached hydrogens (tertiary/aromatic N) is 2. The Balaban J connectivity index is 1.08. The molecule has 0 spiro atoms. The number of amides is 3. The minimum absolute atomic E-state index is 0.0345. The zero-order valence-corrected chi connectivity index (χ0v) is 23.4. The van der Waals surface area contributed by atoms with Gasteiger partial charge in [0.05, 0.1) is 17.9 Å². The van der Waals surface area contributed by atoms with Crippen molar-refractivity contribution in [3.05, 3.63) is 58.9 Å². The molecule has 4 bridgehead atoms. The number of aromatic nitrogens is 1. The Hall–Kier alpha value is -3.09. The molecule has 2 N–H and O–H groups in total. The van der Waals surface area contributed by atoms with Crippen molar-refractivity contribution in [2.45, 2.75) is 83.2 Å². The predicted molar refractivity (Wildman–Crippen MR) is 151 cm³/mol. The lowest BCUT2D eigenvalue weighted by atomic mass is 9.53. The molecule has 7 heteroatoms. The molecule has 3 amide bonds. The second kappa shape index (κ2) is 10.8. The normalized spacial score (nSPS) is 27.8. The van der Waals surface area contributed by atoms with Crippen LogP contribution < -0.4 is 15.4 Å². The van der Waals surface area contributed by atoms with Crippen LogP contribution in [-0.2, 0) is 6.54 Å². The number of rotatable bonds is 7. The highest BCUT2D eigenvalue weighted by molar-refractivity contribution is 5.95. The fraction of sp³-hybridized carbons (Fsp3) is 0.594. The van der Waals surface area contributed by atoms with Gasteiger partial charge in [-0.05, 0) is 101 Å². The third-order valence-electron chi connectivity index (χ3n) is 9.60. The van der Waals surface area contributed by atoms with Gasteiger partial charge in [0.2, 0.25) is 0 Å². The summed E-state index contributed by atoms with van der Waals surface area (Å²) in [6.07, 6.45) is 9.26. The van der Waals surface area contributed by atoms with Crippen LogP contribution in [-0.4, -0.2) is 47.1 Å². The first kappa shape index (κ1) is 26.1. The predicted octanol–water partition coefficient (Wildman–Crippen LogP) is 5.58. The van der Waals surface area contributed by atoms with Gasteiger partial charge < -0.3 is 20.3 Å². The summed E-state index contributed by atoms with van der Waals surface area (Å²) >= 11 is 0. The van der Waals surface area contributed by atoms with Crippen molar-refractivity contribution in [1.82, 2.24) is 20.5 Å². The maximum Gasteiger partial charge on any atom is 0.317 e. The van der Waals surface area contributed by atoms with Crippen LogP contribution in [0, 0.1) is 24.7 Å². The number of likely N-dealkylation sites (tertiary alicyclic amines) is 1. The van der Waals surface area contributed by atoms with Crippen LogP contribution in [0.1, 0.15) is 91.5 Å². The smallest absolute Gasteiger partial charge is 0.317 e. The minimum Gasteiger partial charge on any atom is -0.494 e. The number of nitrogens with one attached hydrogen (secondary N) is 2. The maximum absolute atomic E-state index is 13.4. The fourth-order valence-corrected chi connectivity index (χ4v) is 8.22. The molecular weight excluding hydrogens is 488 g/mol. The van der Waals surface area contributed by atoms with Crippen molar-refractivity contribution in [3.63, 3.8) is 0 Å². The van der Waals surface area contributed by atoms with Gasteiger partial charge in [-0.3, -0.25) is 9.78 Å². The van der Waals surface area contributed by atoms with Crippen molar-refractivity contribution in [2.24, 2.45) is 17.8 Å². The number of para-hydroxylation sites is 1. The maximum atomic E-state index is 13.4. The molecule has 5 aliphatic rings. The standard InChI is InChI=1S/C32H42N4O3/c1-3-39-28-7-5-4-6-26(28)20-33-30(37)27-9-8-21(2)34-29(27)25-10-12-36(13-11-25)31(38)35-32-17-22-14-23(18-32)16-24(15-22)19-32/h4-9,22-25H,3,10-20H2,1-2H3,(H,33,37)(H,35,38). The monoisotopic (exact) mass is 530 g/mol. The van der Waals surface area contributed by atoms with E-state index in [1.165, 1.54) is 38.5 Å². The van der Waals surface area contributed by atoms with Crippen molar-refractivity contribution in [3.8, 4) is 5.75 Å². The number of pyridine rings is 1. The second-order valence-corrected chi connectivity index (χ2v) is 12.5. The molecular formula is C32H42N4O3. The van der Waals surface area contributed by atoms with Gasteiger partial charge in [0, 0.05) is 42.3 Å². The highest BCUT2D eigenvalue weighted by Crippen LogP contribution is 2.55. The average Bonchev–Trinajstić information content (AvgIpc) is 2.91. The molecule has 0 atom stereocenters. The summed E-state index contributed by atoms with van der Waals surface area (Å²) in [4.78, 5) is 33.5. The van der Waals surface area contributed by atoms with Crippen LogP contribution in [0.4, 0.5) is 4.79 Å². The number of urea groups is 1. The lowest BCUT2D eigenvalue weighted by Crippen LogP contribution is -2.62. The number of benzene rings is 1. The Bertz CT molecular complexity index is 1180. The average molecular weight is 531 g/mol. The number of carbonyl (C=O) groups excluding carboxylic acids is 2. The minimum atomic E-state index is -0.120. The molecule has 39 heavy (non-hydrogen) atoms. The third-order valence-corrected chi connectivity index (χ3v) is 9.60. The van der Waals surface area contributed by atoms with Crippen molar-refractivity contribution < 1.29 is 14.3 Å². The van der Waals surface area contributed by atoms with E-state index >= 15 is 0 Å². The van der Waals surface area contributed by atoms with Gasteiger partial charge in [-0.25, -0.2) is 4.79 Å². The highest BCUT2D eigenvalue weighted by Gasteiger charge is 2.52. The first-order valence-electron chi connectivity index (χ1n) is 14.9. The van der Waals surface area contributed by atoms with Gasteiger partial charge in [0.15, 0.2) is 0 Å². The summed E-state index contributed by atoms with van der Waals surface area (Å²) in [6.45, 7) is 6.29. The van der Waals surface area contributed by atoms with E-state index in [4.69, 9.17) is 9.72 Å². The summed E-state index contributed by atoms with van der Waals surface area (Å²) in [6, 6.07) is 11.7. The number of hydrogen-bond donors (Lipinski definition) is 2. The van der Waals surface area contributed by atoms with Crippen molar-refractivity contribution in [1.29, 1.82) is 0 Å². The molecule has 1 aromatic carbocycles. The van der Waals surface area contributed by atoms with E-state index in [0.717, 1.165) is 53.3 Å². The molecule has 7 rings (SSSR count). The molecule has 0 unspecified atom stereocenters. The molecule has 1 aliphatic heterocycles. The number of aryl methyl sites for hydroxylation is 1. The lowest BCUT2D eigenvalue weighted by molar-refractivity contribution is -0.0160. The van der Waals surface area contributed by atoms with E-state index in [2.05, 4.69) is 10.6 Å². The molecule has 1 saturated heterocycles. The van der Waals surface area contributed by atoms with E-state index in [1.54, 1.807) is 0 Å². The van der Waals surface area contributed by atoms with Gasteiger partial charge in [0.25, 0.3) is 5.91 Å². The van der Waals surface area contributed by atoms with Crippen LogP contribution >= 0.6 is 0 Å². The van der Waals surface area contributed by atoms with Crippen LogP contribution in [0.2, 0.25) is 0 Å². The quantitative estimate of drug-likeness (QED) is 0.490. The van der Waals surface area contributed by atoms with Gasteiger partial charge in [-0.15, -0.1) is 0 Å². The molecule has 5 fully saturated rings. The number of carbonyl (C=O) groups is 2. The van der Waals surface area contributed by atoms with E-state index in [-0.39, 0.29) is 23.4 Å². The van der Waals surface area contributed by atoms with Gasteiger partial charge >= 0.3 is 6.03 Å². The van der Waals surface area contributed by atoms with Gasteiger partial charge in [-0.2, -0.15) is 0 Å². The van der Waals surface area contributed by atoms with E-state index in [0.29, 0.717) is 31.8 Å². The Morgan fingerprint density at radius 2 is 1.67 bits per heavy atom. The zero-order chi connectivity index (χ0) is 27.0. The summed E-state index contributed by atoms with van der Waals surface area (Å²) in [7, 11) is 0. The Labute approximate surface area is 232 Å². The number of hydrogen-bond acceptors (Lipinski definition) is 4. The third kappa shape index (κ3) is 5.50. The van der Waals surface area contributed by atoms with Gasteiger partial charge in [0.1, 0.15) is 5.75 Å². The summed E-state index contributed by atoms with van der Waals surface area (Å²) in [5.74, 6) is 3.27. The molecule has 4 saturated carbocycles. The van der Waals surface area contributed by atoms with Gasteiger partial charge in [-0.1, -0.05) is 18.2 Å². The first-order valence-corrected chi connectivity index (χ1v) is 14.9. The van der Waals surface area contributed by atoms with Crippen molar-refractivity contribution >= 4 is 11.9 Å². The molecule has 1 aromatic heterocycles. The molecule has 4 aliphatic carbocycles. The summed E-state index contributed by atoms with van der Waals surface area (Å²) in [5.41, 5.74) is 3.38. The topological polar surface area (TPSA) is 83.6 Å². The zero-order valence-electron chi connectivity index (χ0n) is 23.4.